The number of benzene rings is 3. The van der Waals surface area contributed by atoms with Crippen LogP contribution in [-0.4, -0.2) is 129 Å². The van der Waals surface area contributed by atoms with Crippen LogP contribution in [0.4, 0.5) is 0 Å². The molecule has 0 saturated heterocycles. The molecule has 0 aliphatic rings. The number of aromatic hydroxyl groups is 1. The number of ether oxygens (including phenoxy) is 1. The Morgan fingerprint density at radius 2 is 1.24 bits per heavy atom. The van der Waals surface area contributed by atoms with Gasteiger partial charge < -0.3 is 57.2 Å². The maximum absolute atomic E-state index is 13.7. The smallest absolute Gasteiger partial charge is 0.244 e. The zero-order valence-electron chi connectivity index (χ0n) is 37.1. The Hall–Kier alpha value is -5.83. The minimum absolute atomic E-state index is 0.00482. The zero-order valence-corrected chi connectivity index (χ0v) is 39.5. The number of phenols is 1. The van der Waals surface area contributed by atoms with Crippen molar-refractivity contribution in [3.05, 3.63) is 94.5 Å². The molecule has 0 aliphatic carbocycles. The van der Waals surface area contributed by atoms with Gasteiger partial charge in [-0.15, -0.1) is 0 Å². The monoisotopic (exact) mass is 970 g/mol. The number of unbranched alkanes of at least 4 members (excludes halogenated alkanes) is 1. The van der Waals surface area contributed by atoms with Crippen LogP contribution in [0.3, 0.4) is 0 Å². The maximum Gasteiger partial charge on any atom is 0.244 e. The number of amides is 7. The number of nitrogens with one attached hydrogen (secondary N) is 8. The lowest BCUT2D eigenvalue weighted by Gasteiger charge is -2.23. The quantitative estimate of drug-likeness (QED) is 0.0260. The first-order valence-corrected chi connectivity index (χ1v) is 24.2. The maximum atomic E-state index is 13.7. The van der Waals surface area contributed by atoms with Crippen LogP contribution in [0, 0.1) is 0 Å². The van der Waals surface area contributed by atoms with Gasteiger partial charge in [0.25, 0.3) is 0 Å². The molecule has 21 heteroatoms. The summed E-state index contributed by atoms with van der Waals surface area (Å²) in [5.74, 6) is -3.63. The van der Waals surface area contributed by atoms with Crippen molar-refractivity contribution < 1.29 is 48.2 Å². The van der Waals surface area contributed by atoms with Gasteiger partial charge in [0.05, 0.1) is 32.8 Å². The summed E-state index contributed by atoms with van der Waals surface area (Å²) in [6, 6.07) is 15.9. The first-order valence-electron chi connectivity index (χ1n) is 21.1. The van der Waals surface area contributed by atoms with E-state index in [2.05, 4.69) is 42.5 Å². The lowest BCUT2D eigenvalue weighted by atomic mass is 10.0. The summed E-state index contributed by atoms with van der Waals surface area (Å²) >= 11 is 5.97. The Morgan fingerprint density at radius 3 is 1.88 bits per heavy atom. The Bertz CT molecular complexity index is 2050. The molecule has 0 aromatic heterocycles. The average molecular weight is 972 g/mol. The first-order chi connectivity index (χ1) is 31.7. The second-order valence-electron chi connectivity index (χ2n) is 14.9. The molecule has 358 valence electrons. The van der Waals surface area contributed by atoms with E-state index in [9.17, 15) is 43.5 Å². The first kappa shape index (κ1) is 54.5. The highest BCUT2D eigenvalue weighted by atomic mass is 35.5. The van der Waals surface area contributed by atoms with E-state index >= 15 is 0 Å². The molecule has 9 N–H and O–H groups in total. The molecule has 0 aliphatic heterocycles. The van der Waals surface area contributed by atoms with Gasteiger partial charge in [0.15, 0.2) is 0 Å². The van der Waals surface area contributed by atoms with Crippen molar-refractivity contribution in [1.29, 1.82) is 0 Å². The summed E-state index contributed by atoms with van der Waals surface area (Å²) in [6.07, 6.45) is 4.48. The number of carbonyl (C=O) groups excluding carboxylic acids is 8. The third kappa shape index (κ3) is 21.4. The van der Waals surface area contributed by atoms with Crippen molar-refractivity contribution in [2.24, 2.45) is 0 Å². The molecule has 0 heterocycles. The normalized spacial score (nSPS) is 12.5. The highest BCUT2D eigenvalue weighted by Crippen LogP contribution is 2.19. The van der Waals surface area contributed by atoms with Crippen molar-refractivity contribution >= 4 is 80.8 Å². The Balaban J connectivity index is 1.59. The van der Waals surface area contributed by atoms with Crippen LogP contribution >= 0.6 is 33.2 Å². The van der Waals surface area contributed by atoms with Crippen LogP contribution < -0.4 is 47.3 Å². The highest BCUT2D eigenvalue weighted by molar-refractivity contribution is 8.76. The number of phenolic OH excluding ortho intramolecular Hbond substituents is 1. The second-order valence-corrected chi connectivity index (χ2v) is 18.0. The third-order valence-corrected chi connectivity index (χ3v) is 11.9. The molecule has 0 saturated carbocycles. The molecule has 0 radical (unpaired) electrons. The summed E-state index contributed by atoms with van der Waals surface area (Å²) < 4.78 is 5.13. The summed E-state index contributed by atoms with van der Waals surface area (Å²) in [7, 11) is 6.04. The van der Waals surface area contributed by atoms with Crippen LogP contribution in [0.25, 0.3) is 0 Å². The summed E-state index contributed by atoms with van der Waals surface area (Å²) in [6.45, 7) is -0.917. The number of carbonyl (C=O) groups is 8. The van der Waals surface area contributed by atoms with E-state index in [1.807, 2.05) is 18.4 Å². The van der Waals surface area contributed by atoms with Gasteiger partial charge in [0.1, 0.15) is 35.9 Å². The molecule has 4 atom stereocenters. The van der Waals surface area contributed by atoms with Gasteiger partial charge in [-0.1, -0.05) is 69.6 Å². The van der Waals surface area contributed by atoms with Crippen molar-refractivity contribution in [2.75, 3.05) is 52.3 Å². The fourth-order valence-electron chi connectivity index (χ4n) is 6.24. The molecule has 0 spiro atoms. The van der Waals surface area contributed by atoms with Crippen molar-refractivity contribution in [2.45, 2.75) is 69.1 Å². The van der Waals surface area contributed by atoms with Gasteiger partial charge in [-0.2, -0.15) is 0 Å². The van der Waals surface area contributed by atoms with Gasteiger partial charge in [-0.25, -0.2) is 0 Å². The Morgan fingerprint density at radius 1 is 0.667 bits per heavy atom. The largest absolute Gasteiger partial charge is 0.508 e. The molecule has 66 heavy (non-hydrogen) atoms. The molecule has 3 aromatic carbocycles. The van der Waals surface area contributed by atoms with Crippen LogP contribution in [0.2, 0.25) is 5.02 Å². The number of aldehydes is 1. The lowest BCUT2D eigenvalue weighted by Crippen LogP contribution is -2.56. The number of hydrogen-bond donors (Lipinski definition) is 9. The predicted octanol–water partition coefficient (Wildman–Crippen LogP) is 1.36. The van der Waals surface area contributed by atoms with Crippen molar-refractivity contribution in [3.63, 3.8) is 0 Å². The van der Waals surface area contributed by atoms with E-state index in [0.29, 0.717) is 48.4 Å². The van der Waals surface area contributed by atoms with E-state index in [-0.39, 0.29) is 43.1 Å². The van der Waals surface area contributed by atoms with Crippen LogP contribution in [0.1, 0.15) is 42.4 Å². The van der Waals surface area contributed by atoms with Gasteiger partial charge >= 0.3 is 0 Å². The number of methoxy groups -OCH3 is 1. The molecule has 3 aromatic rings. The number of hydrogen-bond acceptors (Lipinski definition) is 13. The van der Waals surface area contributed by atoms with Gasteiger partial charge in [-0.3, -0.25) is 33.6 Å². The topological polar surface area (TPSA) is 262 Å². The standard InChI is InChI=1S/C45H59ClN8O10S2/c1-47-21-5-4-6-36(43(61)49-24-40(58)48-25-41(59)51-33(27-55)22-30-11-18-35(64-2)19-12-30)52-42(60)26-50-44(62)37(23-31-9-16-34(56)17-10-31)54-45(63)38(28-66-65-3)53-39(57)20-13-29-7-14-32(46)15-8-29/h7-12,14-19,27,33,36-38,47,56H,4-6,13,20-26,28H2,1-3H3,(H,48,58)(H,49,61)(H,50,62)(H,51,59)(H,52,60)(H,53,57)(H,54,63)/t33?,36?,37-,38?/m0/s1. The predicted molar refractivity (Wildman–Crippen MR) is 255 cm³/mol. The minimum Gasteiger partial charge on any atom is -0.508 e. The Labute approximate surface area is 397 Å². The fraction of sp³-hybridized carbons (Fsp3) is 0.422. The van der Waals surface area contributed by atoms with Gasteiger partial charge in [0.2, 0.25) is 41.4 Å². The van der Waals surface area contributed by atoms with Crippen LogP contribution in [-0.2, 0) is 57.6 Å². The lowest BCUT2D eigenvalue weighted by molar-refractivity contribution is -0.133. The molecular formula is C45H59ClN8O10S2. The Kier molecular flexibility index (Phi) is 25.1. The molecule has 0 fully saturated rings. The second kappa shape index (κ2) is 30.4. The van der Waals surface area contributed by atoms with Crippen LogP contribution in [0.15, 0.2) is 72.8 Å². The third-order valence-electron chi connectivity index (χ3n) is 9.81. The number of aryl methyl sites for hydroxylation is 1. The number of halogens is 1. The number of rotatable bonds is 30. The van der Waals surface area contributed by atoms with E-state index in [1.54, 1.807) is 55.6 Å². The molecule has 3 rings (SSSR count). The van der Waals surface area contributed by atoms with E-state index < -0.39 is 79.2 Å². The fourth-order valence-corrected chi connectivity index (χ4v) is 7.69. The molecule has 7 amide bonds. The molecule has 3 unspecified atom stereocenters. The van der Waals surface area contributed by atoms with Gasteiger partial charge in [0, 0.05) is 23.6 Å². The SMILES string of the molecule is CNCCCCC(NC(=O)CNC(=O)[C@H](Cc1ccc(O)cc1)NC(=O)C(CSSC)NC(=O)CCc1ccc(Cl)cc1)C(=O)NCC(=O)NCC(=O)NC(C=O)Cc1ccc(OC)cc1. The average Bonchev–Trinajstić information content (AvgIpc) is 3.31. The van der Waals surface area contributed by atoms with E-state index in [1.165, 1.54) is 40.8 Å². The summed E-state index contributed by atoms with van der Waals surface area (Å²) in [4.78, 5) is 104. The van der Waals surface area contributed by atoms with Crippen molar-refractivity contribution in [1.82, 2.24) is 42.5 Å². The minimum atomic E-state index is -1.22. The van der Waals surface area contributed by atoms with Crippen LogP contribution in [0.5, 0.6) is 11.5 Å². The molecule has 0 bridgehead atoms. The van der Waals surface area contributed by atoms with E-state index in [4.69, 9.17) is 16.3 Å². The summed E-state index contributed by atoms with van der Waals surface area (Å²) in [5, 5.41) is 31.4. The van der Waals surface area contributed by atoms with Gasteiger partial charge in [-0.05, 0) is 105 Å². The van der Waals surface area contributed by atoms with Crippen molar-refractivity contribution in [3.8, 4) is 11.5 Å². The molecular weight excluding hydrogens is 912 g/mol. The molecule has 18 nitrogen and oxygen atoms in total. The highest BCUT2D eigenvalue weighted by Gasteiger charge is 2.28. The zero-order chi connectivity index (χ0) is 48.3. The summed E-state index contributed by atoms with van der Waals surface area (Å²) in [5.41, 5.74) is 2.25. The van der Waals surface area contributed by atoms with E-state index in [0.717, 1.165) is 11.1 Å².